The van der Waals surface area contributed by atoms with Crippen LogP contribution in [0.25, 0.3) is 0 Å². The van der Waals surface area contributed by atoms with E-state index < -0.39 is 0 Å². The van der Waals surface area contributed by atoms with Crippen LogP contribution in [0.3, 0.4) is 0 Å². The molecule has 2 aromatic rings. The maximum Gasteiger partial charge on any atom is 0.162 e. The summed E-state index contributed by atoms with van der Waals surface area (Å²) in [6.45, 7) is 0. The molecule has 2 aromatic carbocycles. The number of nitrogens with one attached hydrogen (secondary N) is 1. The van der Waals surface area contributed by atoms with Crippen molar-refractivity contribution in [3.05, 3.63) is 47.5 Å². The summed E-state index contributed by atoms with van der Waals surface area (Å²) in [7, 11) is 3.23. The molecule has 0 aliphatic heterocycles. The molecule has 0 atom stereocenters. The average Bonchev–Trinajstić information content (AvgIpc) is 2.41. The summed E-state index contributed by atoms with van der Waals surface area (Å²) in [5.74, 6) is 1.40. The highest BCUT2D eigenvalue weighted by Crippen LogP contribution is 2.31. The molecule has 0 fully saturated rings. The zero-order valence-corrected chi connectivity index (χ0v) is 11.0. The molecule has 0 saturated carbocycles. The summed E-state index contributed by atoms with van der Waals surface area (Å²) in [5, 5.41) is 3.98. The molecule has 0 aromatic heterocycles. The van der Waals surface area contributed by atoms with E-state index in [1.54, 1.807) is 14.2 Å². The van der Waals surface area contributed by atoms with Crippen LogP contribution in [-0.4, -0.2) is 14.2 Å². The molecule has 2 rings (SSSR count). The lowest BCUT2D eigenvalue weighted by molar-refractivity contribution is 0.355. The highest BCUT2D eigenvalue weighted by molar-refractivity contribution is 6.30. The molecular formula is C14H14ClNO2. The molecule has 3 nitrogen and oxygen atoms in total. The number of rotatable bonds is 4. The van der Waals surface area contributed by atoms with Gasteiger partial charge in [0.25, 0.3) is 0 Å². The molecule has 0 saturated heterocycles. The fourth-order valence-electron chi connectivity index (χ4n) is 1.61. The van der Waals surface area contributed by atoms with Gasteiger partial charge in [0.05, 0.1) is 14.2 Å². The number of halogens is 1. The van der Waals surface area contributed by atoms with Crippen LogP contribution in [0, 0.1) is 0 Å². The fourth-order valence-corrected chi connectivity index (χ4v) is 1.74. The van der Waals surface area contributed by atoms with Gasteiger partial charge in [-0.3, -0.25) is 0 Å². The van der Waals surface area contributed by atoms with Crippen molar-refractivity contribution in [1.29, 1.82) is 0 Å². The van der Waals surface area contributed by atoms with E-state index in [1.165, 1.54) is 0 Å². The van der Waals surface area contributed by atoms with Crippen LogP contribution in [0.4, 0.5) is 11.4 Å². The molecule has 0 amide bonds. The Labute approximate surface area is 111 Å². The maximum absolute atomic E-state index is 5.84. The van der Waals surface area contributed by atoms with Crippen LogP contribution in [0.15, 0.2) is 42.5 Å². The van der Waals surface area contributed by atoms with Crippen molar-refractivity contribution in [2.45, 2.75) is 0 Å². The number of ether oxygens (including phenoxy) is 2. The monoisotopic (exact) mass is 263 g/mol. The number of anilines is 2. The Kier molecular flexibility index (Phi) is 3.95. The van der Waals surface area contributed by atoms with Crippen molar-refractivity contribution in [3.8, 4) is 11.5 Å². The van der Waals surface area contributed by atoms with Crippen LogP contribution in [0.1, 0.15) is 0 Å². The van der Waals surface area contributed by atoms with Crippen LogP contribution in [0.5, 0.6) is 11.5 Å². The van der Waals surface area contributed by atoms with E-state index in [0.29, 0.717) is 16.5 Å². The molecule has 0 aliphatic carbocycles. The lowest BCUT2D eigenvalue weighted by atomic mass is 10.2. The van der Waals surface area contributed by atoms with Gasteiger partial charge in [-0.2, -0.15) is 0 Å². The minimum atomic E-state index is 0.691. The van der Waals surface area contributed by atoms with Gasteiger partial charge in [0.2, 0.25) is 0 Å². The van der Waals surface area contributed by atoms with Crippen molar-refractivity contribution in [2.75, 3.05) is 19.5 Å². The van der Waals surface area contributed by atoms with E-state index >= 15 is 0 Å². The fraction of sp³-hybridized carbons (Fsp3) is 0.143. The molecule has 0 bridgehead atoms. The molecule has 0 spiro atoms. The molecule has 4 heteroatoms. The summed E-state index contributed by atoms with van der Waals surface area (Å²) < 4.78 is 10.4. The summed E-state index contributed by atoms with van der Waals surface area (Å²) in [4.78, 5) is 0. The second-order valence-electron chi connectivity index (χ2n) is 3.70. The van der Waals surface area contributed by atoms with Gasteiger partial charge in [-0.1, -0.05) is 11.6 Å². The molecular weight excluding hydrogens is 250 g/mol. The van der Waals surface area contributed by atoms with Crippen LogP contribution < -0.4 is 14.8 Å². The normalized spacial score (nSPS) is 9.94. The first-order chi connectivity index (χ1) is 8.72. The van der Waals surface area contributed by atoms with Gasteiger partial charge in [-0.25, -0.2) is 0 Å². The second-order valence-corrected chi connectivity index (χ2v) is 4.14. The van der Waals surface area contributed by atoms with E-state index in [4.69, 9.17) is 21.1 Å². The number of hydrogen-bond acceptors (Lipinski definition) is 3. The van der Waals surface area contributed by atoms with E-state index in [1.807, 2.05) is 42.5 Å². The van der Waals surface area contributed by atoms with Gasteiger partial charge < -0.3 is 14.8 Å². The smallest absolute Gasteiger partial charge is 0.162 e. The third-order valence-corrected chi connectivity index (χ3v) is 2.77. The number of benzene rings is 2. The van der Waals surface area contributed by atoms with Gasteiger partial charge in [0.15, 0.2) is 11.5 Å². The van der Waals surface area contributed by atoms with Crippen LogP contribution >= 0.6 is 11.6 Å². The average molecular weight is 264 g/mol. The number of methoxy groups -OCH3 is 2. The predicted octanol–water partition coefficient (Wildman–Crippen LogP) is 4.10. The first kappa shape index (κ1) is 12.6. The van der Waals surface area contributed by atoms with Gasteiger partial charge >= 0.3 is 0 Å². The van der Waals surface area contributed by atoms with Crippen LogP contribution in [0.2, 0.25) is 5.02 Å². The minimum absolute atomic E-state index is 0.691. The topological polar surface area (TPSA) is 30.5 Å². The summed E-state index contributed by atoms with van der Waals surface area (Å²) in [6, 6.07) is 13.2. The van der Waals surface area contributed by atoms with E-state index in [-0.39, 0.29) is 0 Å². The Morgan fingerprint density at radius 2 is 1.44 bits per heavy atom. The zero-order valence-electron chi connectivity index (χ0n) is 10.2. The van der Waals surface area contributed by atoms with Gasteiger partial charge in [0.1, 0.15) is 0 Å². The third-order valence-electron chi connectivity index (χ3n) is 2.52. The molecule has 0 unspecified atom stereocenters. The highest BCUT2D eigenvalue weighted by Gasteiger charge is 2.04. The summed E-state index contributed by atoms with van der Waals surface area (Å²) >= 11 is 5.84. The van der Waals surface area contributed by atoms with E-state index in [2.05, 4.69) is 5.32 Å². The standard InChI is InChI=1S/C14H14ClNO2/c1-17-13-8-7-12(9-14(13)18-2)16-11-5-3-10(15)4-6-11/h3-9,16H,1-2H3. The summed E-state index contributed by atoms with van der Waals surface area (Å²) in [6.07, 6.45) is 0. The Bertz CT molecular complexity index is 526. The second kappa shape index (κ2) is 5.65. The summed E-state index contributed by atoms with van der Waals surface area (Å²) in [5.41, 5.74) is 1.89. The quantitative estimate of drug-likeness (QED) is 0.901. The molecule has 0 aliphatic rings. The SMILES string of the molecule is COc1ccc(Nc2ccc(Cl)cc2)cc1OC. The van der Waals surface area contributed by atoms with Crippen LogP contribution in [-0.2, 0) is 0 Å². The lowest BCUT2D eigenvalue weighted by Crippen LogP contribution is -1.94. The van der Waals surface area contributed by atoms with E-state index in [9.17, 15) is 0 Å². The molecule has 94 valence electrons. The van der Waals surface area contributed by atoms with Crippen molar-refractivity contribution in [1.82, 2.24) is 0 Å². The van der Waals surface area contributed by atoms with Crippen molar-refractivity contribution in [2.24, 2.45) is 0 Å². The van der Waals surface area contributed by atoms with Crippen molar-refractivity contribution >= 4 is 23.0 Å². The first-order valence-corrected chi connectivity index (χ1v) is 5.85. The first-order valence-electron chi connectivity index (χ1n) is 5.47. The molecule has 0 heterocycles. The Balaban J connectivity index is 2.21. The van der Waals surface area contributed by atoms with Gasteiger partial charge in [0, 0.05) is 22.5 Å². The third kappa shape index (κ3) is 2.87. The van der Waals surface area contributed by atoms with E-state index in [0.717, 1.165) is 11.4 Å². The van der Waals surface area contributed by atoms with Gasteiger partial charge in [-0.05, 0) is 36.4 Å². The lowest BCUT2D eigenvalue weighted by Gasteiger charge is -2.11. The Hall–Kier alpha value is -1.87. The molecule has 18 heavy (non-hydrogen) atoms. The zero-order chi connectivity index (χ0) is 13.0. The largest absolute Gasteiger partial charge is 0.493 e. The van der Waals surface area contributed by atoms with Gasteiger partial charge in [-0.15, -0.1) is 0 Å². The molecule has 0 radical (unpaired) electrons. The van der Waals surface area contributed by atoms with Crippen molar-refractivity contribution in [3.63, 3.8) is 0 Å². The maximum atomic E-state index is 5.84. The Morgan fingerprint density at radius 1 is 0.833 bits per heavy atom. The Morgan fingerprint density at radius 3 is 2.06 bits per heavy atom. The predicted molar refractivity (Wildman–Crippen MR) is 74.3 cm³/mol. The van der Waals surface area contributed by atoms with Crippen molar-refractivity contribution < 1.29 is 9.47 Å². The minimum Gasteiger partial charge on any atom is -0.493 e. The molecule has 1 N–H and O–H groups in total. The highest BCUT2D eigenvalue weighted by atomic mass is 35.5. The number of hydrogen-bond donors (Lipinski definition) is 1.